The van der Waals surface area contributed by atoms with E-state index in [1.807, 2.05) is 0 Å². The zero-order valence-corrected chi connectivity index (χ0v) is 20.2. The van der Waals surface area contributed by atoms with Gasteiger partial charge in [0, 0.05) is 49.9 Å². The van der Waals surface area contributed by atoms with Gasteiger partial charge in [0.25, 0.3) is 0 Å². The van der Waals surface area contributed by atoms with Crippen LogP contribution in [0, 0.1) is 0 Å². The minimum Gasteiger partial charge on any atom is -0.379 e. The first-order chi connectivity index (χ1) is 15.7. The molecule has 5 rings (SSSR count). The highest BCUT2D eigenvalue weighted by molar-refractivity contribution is 8.15. The second kappa shape index (κ2) is 9.60. The number of hydrogen-bond acceptors (Lipinski definition) is 4. The number of morpholine rings is 2. The minimum atomic E-state index is -2.06. The van der Waals surface area contributed by atoms with Gasteiger partial charge in [-0.15, -0.1) is 0 Å². The van der Waals surface area contributed by atoms with Crippen LogP contribution in [-0.4, -0.2) is 69.0 Å². The first-order valence-electron chi connectivity index (χ1n) is 11.3. The van der Waals surface area contributed by atoms with E-state index in [1.165, 1.54) is 21.8 Å². The van der Waals surface area contributed by atoms with Gasteiger partial charge in [-0.2, -0.15) is 0 Å². The van der Waals surface area contributed by atoms with Crippen LogP contribution in [0.5, 0.6) is 0 Å². The lowest BCUT2D eigenvalue weighted by molar-refractivity contribution is 0.0589. The van der Waals surface area contributed by atoms with E-state index in [4.69, 9.17) is 21.3 Å². The van der Waals surface area contributed by atoms with Gasteiger partial charge < -0.3 is 14.4 Å². The maximum Gasteiger partial charge on any atom is 0.107 e. The number of ether oxygens (including phenoxy) is 2. The molecule has 2 fully saturated rings. The van der Waals surface area contributed by atoms with Gasteiger partial charge in [0.1, 0.15) is 6.34 Å². The summed E-state index contributed by atoms with van der Waals surface area (Å²) in [5.41, 5.74) is 2.34. The Morgan fingerprint density at radius 2 is 1.25 bits per heavy atom. The molecule has 0 aromatic heterocycles. The molecule has 2 saturated heterocycles. The molecule has 3 aromatic carbocycles. The smallest absolute Gasteiger partial charge is 0.107 e. The summed E-state index contributed by atoms with van der Waals surface area (Å²) < 4.78 is 16.3. The Morgan fingerprint density at radius 3 is 1.84 bits per heavy atom. The summed E-state index contributed by atoms with van der Waals surface area (Å²) >= 11 is 6.50. The molecule has 0 atom stereocenters. The highest BCUT2D eigenvalue weighted by Gasteiger charge is 2.36. The molecular weight excluding hydrogens is 437 g/mol. The van der Waals surface area contributed by atoms with Crippen LogP contribution in [-0.2, 0) is 21.3 Å². The normalized spacial score (nSPS) is 18.7. The monoisotopic (exact) mass is 467 g/mol. The van der Waals surface area contributed by atoms with Crippen LogP contribution in [0.15, 0.2) is 66.7 Å². The van der Waals surface area contributed by atoms with Crippen molar-refractivity contribution in [2.45, 2.75) is 0 Å². The Bertz CT molecular complexity index is 1090. The summed E-state index contributed by atoms with van der Waals surface area (Å²) in [6.45, 7) is 6.61. The van der Waals surface area contributed by atoms with Gasteiger partial charge in [0.15, 0.2) is 0 Å². The first-order valence-corrected chi connectivity index (χ1v) is 14.0. The van der Waals surface area contributed by atoms with Gasteiger partial charge in [-0.25, -0.2) is 0 Å². The predicted molar refractivity (Wildman–Crippen MR) is 137 cm³/mol. The van der Waals surface area contributed by atoms with E-state index in [-0.39, 0.29) is 0 Å². The number of hydrogen-bond donors (Lipinski definition) is 0. The topological polar surface area (TPSA) is 28.2 Å². The number of nitrogens with zero attached hydrogens (tertiary/aromatic N) is 3. The molecule has 3 aromatic rings. The van der Waals surface area contributed by atoms with Crippen LogP contribution >= 0.6 is 6.34 Å². The van der Waals surface area contributed by atoms with Crippen LogP contribution in [0.1, 0.15) is 0 Å². The summed E-state index contributed by atoms with van der Waals surface area (Å²) in [5.74, 6) is 0. The Morgan fingerprint density at radius 1 is 0.719 bits per heavy atom. The van der Waals surface area contributed by atoms with Crippen molar-refractivity contribution < 1.29 is 9.47 Å². The number of anilines is 2. The standard InChI is InChI=1S/C25H30N3O2PS/c1-26(24-7-6-21-4-2-3-5-22(21)20-24)23-8-10-25(11-9-23)31(32,27-12-16-29-17-13-27)28-14-18-30-19-15-28/h2-11,20H,12-19H2,1H3. The highest BCUT2D eigenvalue weighted by Crippen LogP contribution is 2.53. The van der Waals surface area contributed by atoms with Crippen LogP contribution in [0.25, 0.3) is 10.8 Å². The van der Waals surface area contributed by atoms with Gasteiger partial charge in [0.05, 0.1) is 26.4 Å². The molecular formula is C25H30N3O2PS. The number of fused-ring (bicyclic) bond motifs is 1. The van der Waals surface area contributed by atoms with Crippen molar-refractivity contribution in [3.05, 3.63) is 66.7 Å². The lowest BCUT2D eigenvalue weighted by Gasteiger charge is -2.45. The van der Waals surface area contributed by atoms with Crippen molar-refractivity contribution in [2.24, 2.45) is 0 Å². The van der Waals surface area contributed by atoms with Crippen LogP contribution in [0.4, 0.5) is 11.4 Å². The van der Waals surface area contributed by atoms with Crippen molar-refractivity contribution in [1.82, 2.24) is 9.34 Å². The molecule has 5 nitrogen and oxygen atoms in total. The third-order valence-electron chi connectivity index (χ3n) is 6.44. The summed E-state index contributed by atoms with van der Waals surface area (Å²) in [6.07, 6.45) is -2.06. The molecule has 0 amide bonds. The Labute approximate surface area is 195 Å². The van der Waals surface area contributed by atoms with E-state index >= 15 is 0 Å². The SMILES string of the molecule is CN(c1ccc(P(=S)(N2CCOCC2)N2CCOCC2)cc1)c1ccc2ccccc2c1. The second-order valence-electron chi connectivity index (χ2n) is 8.28. The van der Waals surface area contributed by atoms with Crippen LogP contribution in [0.3, 0.4) is 0 Å². The zero-order valence-electron chi connectivity index (χ0n) is 18.5. The van der Waals surface area contributed by atoms with Crippen molar-refractivity contribution >= 4 is 45.6 Å². The van der Waals surface area contributed by atoms with Gasteiger partial charge in [-0.3, -0.25) is 9.34 Å². The molecule has 168 valence electrons. The lowest BCUT2D eigenvalue weighted by Crippen LogP contribution is -2.46. The molecule has 0 radical (unpaired) electrons. The molecule has 2 heterocycles. The largest absolute Gasteiger partial charge is 0.379 e. The van der Waals surface area contributed by atoms with E-state index < -0.39 is 6.34 Å². The average Bonchev–Trinajstić information content (AvgIpc) is 2.88. The molecule has 0 aliphatic carbocycles. The van der Waals surface area contributed by atoms with Gasteiger partial charge in [-0.1, -0.05) is 42.1 Å². The first kappa shape index (κ1) is 22.0. The molecule has 0 unspecified atom stereocenters. The maximum atomic E-state index is 6.50. The third kappa shape index (κ3) is 4.24. The van der Waals surface area contributed by atoms with E-state index in [0.29, 0.717) is 0 Å². The number of benzene rings is 3. The number of rotatable bonds is 5. The van der Waals surface area contributed by atoms with Gasteiger partial charge >= 0.3 is 0 Å². The van der Waals surface area contributed by atoms with E-state index in [9.17, 15) is 0 Å². The molecule has 2 aliphatic rings. The summed E-state index contributed by atoms with van der Waals surface area (Å²) in [5, 5.41) is 3.77. The molecule has 7 heteroatoms. The molecule has 2 aliphatic heterocycles. The molecule has 0 N–H and O–H groups in total. The Kier molecular flexibility index (Phi) is 6.61. The maximum absolute atomic E-state index is 6.50. The fraction of sp³-hybridized carbons (Fsp3) is 0.360. The highest BCUT2D eigenvalue weighted by atomic mass is 32.4. The average molecular weight is 468 g/mol. The summed E-state index contributed by atoms with van der Waals surface area (Å²) in [7, 11) is 2.12. The quantitative estimate of drug-likeness (QED) is 0.522. The molecule has 32 heavy (non-hydrogen) atoms. The molecule has 0 bridgehead atoms. The van der Waals surface area contributed by atoms with E-state index in [0.717, 1.165) is 58.3 Å². The van der Waals surface area contributed by atoms with E-state index in [2.05, 4.69) is 88.0 Å². The minimum absolute atomic E-state index is 0.755. The zero-order chi connectivity index (χ0) is 22.0. The fourth-order valence-corrected chi connectivity index (χ4v) is 8.86. The van der Waals surface area contributed by atoms with Crippen molar-refractivity contribution in [1.29, 1.82) is 0 Å². The molecule has 0 spiro atoms. The lowest BCUT2D eigenvalue weighted by atomic mass is 10.1. The van der Waals surface area contributed by atoms with Gasteiger partial charge in [-0.05, 0) is 47.2 Å². The van der Waals surface area contributed by atoms with Crippen LogP contribution in [0.2, 0.25) is 0 Å². The van der Waals surface area contributed by atoms with Crippen molar-refractivity contribution in [3.63, 3.8) is 0 Å². The van der Waals surface area contributed by atoms with Crippen molar-refractivity contribution in [2.75, 3.05) is 64.6 Å². The van der Waals surface area contributed by atoms with Gasteiger partial charge in [0.2, 0.25) is 0 Å². The second-order valence-corrected chi connectivity index (χ2v) is 12.5. The summed E-state index contributed by atoms with van der Waals surface area (Å²) in [4.78, 5) is 2.24. The fourth-order valence-electron chi connectivity index (χ4n) is 4.56. The van der Waals surface area contributed by atoms with Crippen LogP contribution < -0.4 is 10.2 Å². The molecule has 0 saturated carbocycles. The Hall–Kier alpha value is -1.79. The summed E-state index contributed by atoms with van der Waals surface area (Å²) in [6, 6.07) is 24.0. The Balaban J connectivity index is 1.44. The third-order valence-corrected chi connectivity index (χ3v) is 11.8. The van der Waals surface area contributed by atoms with E-state index in [1.54, 1.807) is 0 Å². The predicted octanol–water partition coefficient (Wildman–Crippen LogP) is 4.21. The van der Waals surface area contributed by atoms with Crippen molar-refractivity contribution in [3.8, 4) is 0 Å².